The SMILES string of the molecule is CCNc1ccc(C(=O)NCC2C(C)(C)C2(C)C)cc1. The molecule has 1 amide bonds. The molecule has 0 heterocycles. The largest absolute Gasteiger partial charge is 0.385 e. The molecule has 0 atom stereocenters. The van der Waals surface area contributed by atoms with E-state index in [1.54, 1.807) is 0 Å². The number of amides is 1. The van der Waals surface area contributed by atoms with Gasteiger partial charge in [-0.15, -0.1) is 0 Å². The van der Waals surface area contributed by atoms with Crippen molar-refractivity contribution < 1.29 is 4.79 Å². The van der Waals surface area contributed by atoms with Crippen LogP contribution in [0.3, 0.4) is 0 Å². The summed E-state index contributed by atoms with van der Waals surface area (Å²) in [6.07, 6.45) is 0. The summed E-state index contributed by atoms with van der Waals surface area (Å²) in [7, 11) is 0. The van der Waals surface area contributed by atoms with Gasteiger partial charge in [0.25, 0.3) is 5.91 Å². The second-order valence-corrected chi connectivity index (χ2v) is 6.81. The summed E-state index contributed by atoms with van der Waals surface area (Å²) in [6, 6.07) is 7.64. The molecule has 0 bridgehead atoms. The number of anilines is 1. The molecule has 1 fully saturated rings. The molecule has 1 aliphatic carbocycles. The first-order valence-corrected chi connectivity index (χ1v) is 7.43. The summed E-state index contributed by atoms with van der Waals surface area (Å²) in [5.74, 6) is 0.575. The maximum absolute atomic E-state index is 12.1. The highest BCUT2D eigenvalue weighted by Gasteiger charge is 2.64. The lowest BCUT2D eigenvalue weighted by atomic mass is 10.0. The van der Waals surface area contributed by atoms with Crippen molar-refractivity contribution in [2.45, 2.75) is 34.6 Å². The lowest BCUT2D eigenvalue weighted by molar-refractivity contribution is 0.0950. The van der Waals surface area contributed by atoms with Crippen LogP contribution in [0.5, 0.6) is 0 Å². The first kappa shape index (κ1) is 14.9. The number of benzene rings is 1. The van der Waals surface area contributed by atoms with E-state index in [2.05, 4.69) is 45.3 Å². The molecule has 0 saturated heterocycles. The zero-order valence-electron chi connectivity index (χ0n) is 13.2. The van der Waals surface area contributed by atoms with Crippen LogP contribution in [0.1, 0.15) is 45.0 Å². The molecule has 1 saturated carbocycles. The average Bonchev–Trinajstić information content (AvgIpc) is 2.78. The van der Waals surface area contributed by atoms with Gasteiger partial charge in [-0.1, -0.05) is 27.7 Å². The Bertz CT molecular complexity index is 474. The first-order valence-electron chi connectivity index (χ1n) is 7.43. The Hall–Kier alpha value is -1.51. The number of nitrogens with one attached hydrogen (secondary N) is 2. The molecule has 1 aromatic carbocycles. The Balaban J connectivity index is 1.90. The van der Waals surface area contributed by atoms with Gasteiger partial charge < -0.3 is 10.6 Å². The van der Waals surface area contributed by atoms with Gasteiger partial charge in [0, 0.05) is 24.3 Å². The number of carbonyl (C=O) groups excluding carboxylic acids is 1. The van der Waals surface area contributed by atoms with E-state index in [9.17, 15) is 4.79 Å². The smallest absolute Gasteiger partial charge is 0.251 e. The first-order chi connectivity index (χ1) is 9.30. The normalized spacial score (nSPS) is 19.4. The van der Waals surface area contributed by atoms with Crippen LogP contribution in [-0.2, 0) is 0 Å². The zero-order chi connectivity index (χ0) is 15.0. The predicted molar refractivity (Wildman–Crippen MR) is 84.0 cm³/mol. The second-order valence-electron chi connectivity index (χ2n) is 6.81. The third-order valence-electron chi connectivity index (χ3n) is 5.31. The van der Waals surface area contributed by atoms with Crippen LogP contribution in [0.15, 0.2) is 24.3 Å². The summed E-state index contributed by atoms with van der Waals surface area (Å²) in [6.45, 7) is 12.8. The molecule has 2 N–H and O–H groups in total. The van der Waals surface area contributed by atoms with E-state index in [0.29, 0.717) is 16.7 Å². The molecular weight excluding hydrogens is 248 g/mol. The summed E-state index contributed by atoms with van der Waals surface area (Å²) in [4.78, 5) is 12.1. The van der Waals surface area contributed by atoms with Crippen molar-refractivity contribution in [2.24, 2.45) is 16.7 Å². The van der Waals surface area contributed by atoms with Crippen LogP contribution < -0.4 is 10.6 Å². The Morgan fingerprint density at radius 3 is 2.10 bits per heavy atom. The van der Waals surface area contributed by atoms with E-state index in [0.717, 1.165) is 24.3 Å². The van der Waals surface area contributed by atoms with Gasteiger partial charge >= 0.3 is 0 Å². The van der Waals surface area contributed by atoms with E-state index in [4.69, 9.17) is 0 Å². The third kappa shape index (κ3) is 2.54. The Morgan fingerprint density at radius 2 is 1.65 bits per heavy atom. The summed E-state index contributed by atoms with van der Waals surface area (Å²) < 4.78 is 0. The van der Waals surface area contributed by atoms with E-state index in [-0.39, 0.29) is 5.91 Å². The molecule has 0 unspecified atom stereocenters. The number of hydrogen-bond donors (Lipinski definition) is 2. The van der Waals surface area contributed by atoms with Crippen molar-refractivity contribution in [1.82, 2.24) is 5.32 Å². The predicted octanol–water partition coefficient (Wildman–Crippen LogP) is 3.53. The maximum atomic E-state index is 12.1. The topological polar surface area (TPSA) is 41.1 Å². The molecule has 3 heteroatoms. The Morgan fingerprint density at radius 1 is 1.10 bits per heavy atom. The van der Waals surface area contributed by atoms with Gasteiger partial charge in [-0.05, 0) is 47.9 Å². The van der Waals surface area contributed by atoms with E-state index >= 15 is 0 Å². The van der Waals surface area contributed by atoms with Gasteiger partial charge in [0.2, 0.25) is 0 Å². The summed E-state index contributed by atoms with van der Waals surface area (Å²) in [5.41, 5.74) is 2.40. The minimum atomic E-state index is 0.0200. The van der Waals surface area contributed by atoms with Crippen LogP contribution in [-0.4, -0.2) is 19.0 Å². The number of carbonyl (C=O) groups is 1. The van der Waals surface area contributed by atoms with Crippen LogP contribution >= 0.6 is 0 Å². The fourth-order valence-corrected chi connectivity index (χ4v) is 3.08. The molecular formula is C17H26N2O. The molecule has 3 nitrogen and oxygen atoms in total. The van der Waals surface area contributed by atoms with E-state index in [1.165, 1.54) is 0 Å². The van der Waals surface area contributed by atoms with Crippen molar-refractivity contribution in [2.75, 3.05) is 18.4 Å². The minimum Gasteiger partial charge on any atom is -0.385 e. The van der Waals surface area contributed by atoms with Gasteiger partial charge in [-0.25, -0.2) is 0 Å². The van der Waals surface area contributed by atoms with Crippen LogP contribution in [0, 0.1) is 16.7 Å². The van der Waals surface area contributed by atoms with Crippen molar-refractivity contribution >= 4 is 11.6 Å². The van der Waals surface area contributed by atoms with Gasteiger partial charge in [-0.3, -0.25) is 4.79 Å². The highest BCUT2D eigenvalue weighted by Crippen LogP contribution is 2.67. The lowest BCUT2D eigenvalue weighted by Gasteiger charge is -2.08. The molecule has 0 spiro atoms. The van der Waals surface area contributed by atoms with Crippen molar-refractivity contribution in [3.63, 3.8) is 0 Å². The average molecular weight is 274 g/mol. The number of rotatable bonds is 5. The number of hydrogen-bond acceptors (Lipinski definition) is 2. The molecule has 0 aliphatic heterocycles. The minimum absolute atomic E-state index is 0.0200. The highest BCUT2D eigenvalue weighted by atomic mass is 16.1. The molecule has 110 valence electrons. The molecule has 0 radical (unpaired) electrons. The Kier molecular flexibility index (Phi) is 3.81. The fourth-order valence-electron chi connectivity index (χ4n) is 3.08. The standard InChI is InChI=1S/C17H26N2O/c1-6-18-13-9-7-12(8-10-13)15(20)19-11-14-16(2,3)17(14,4)5/h7-10,14,18H,6,11H2,1-5H3,(H,19,20). The summed E-state index contributed by atoms with van der Waals surface area (Å²) >= 11 is 0. The van der Waals surface area contributed by atoms with Crippen LogP contribution in [0.25, 0.3) is 0 Å². The lowest BCUT2D eigenvalue weighted by Crippen LogP contribution is -2.27. The van der Waals surface area contributed by atoms with E-state index < -0.39 is 0 Å². The van der Waals surface area contributed by atoms with Crippen LogP contribution in [0.4, 0.5) is 5.69 Å². The second kappa shape index (κ2) is 5.12. The van der Waals surface area contributed by atoms with Crippen molar-refractivity contribution in [3.8, 4) is 0 Å². The maximum Gasteiger partial charge on any atom is 0.251 e. The fraction of sp³-hybridized carbons (Fsp3) is 0.588. The van der Waals surface area contributed by atoms with Gasteiger partial charge in [0.05, 0.1) is 0 Å². The van der Waals surface area contributed by atoms with Gasteiger partial charge in [0.1, 0.15) is 0 Å². The molecule has 1 aromatic rings. The highest BCUT2D eigenvalue weighted by molar-refractivity contribution is 5.94. The Labute approximate surface area is 122 Å². The van der Waals surface area contributed by atoms with E-state index in [1.807, 2.05) is 24.3 Å². The monoisotopic (exact) mass is 274 g/mol. The summed E-state index contributed by atoms with van der Waals surface area (Å²) in [5, 5.41) is 6.29. The quantitative estimate of drug-likeness (QED) is 0.862. The third-order valence-corrected chi connectivity index (χ3v) is 5.31. The van der Waals surface area contributed by atoms with Crippen molar-refractivity contribution in [1.29, 1.82) is 0 Å². The van der Waals surface area contributed by atoms with Gasteiger partial charge in [0.15, 0.2) is 0 Å². The molecule has 20 heavy (non-hydrogen) atoms. The van der Waals surface area contributed by atoms with Crippen molar-refractivity contribution in [3.05, 3.63) is 29.8 Å². The molecule has 1 aliphatic rings. The zero-order valence-corrected chi connectivity index (χ0v) is 13.2. The molecule has 2 rings (SSSR count). The van der Waals surface area contributed by atoms with Gasteiger partial charge in [-0.2, -0.15) is 0 Å². The van der Waals surface area contributed by atoms with Crippen LogP contribution in [0.2, 0.25) is 0 Å². The molecule has 0 aromatic heterocycles.